The number of amides is 1. The van der Waals surface area contributed by atoms with E-state index in [1.54, 1.807) is 7.11 Å². The smallest absolute Gasteiger partial charge is 0.237 e. The fourth-order valence-electron chi connectivity index (χ4n) is 1.70. The van der Waals surface area contributed by atoms with Crippen molar-refractivity contribution in [3.05, 3.63) is 24.3 Å². The Morgan fingerprint density at radius 1 is 1.41 bits per heavy atom. The summed E-state index contributed by atoms with van der Waals surface area (Å²) in [5, 5.41) is 3.50. The van der Waals surface area contributed by atoms with Gasteiger partial charge in [-0.2, -0.15) is 0 Å². The number of thiocarbonyl (C=S) groups is 1. The van der Waals surface area contributed by atoms with Gasteiger partial charge in [-0.15, -0.1) is 0 Å². The standard InChI is InChI=1S/C12H14N2O2S/c1-8-7-13-12(17)14(11(8)15)9-3-5-10(16-2)6-4-9/h3-6,8H,7H2,1-2H3,(H,13,17)/t8-/m1/s1. The van der Waals surface area contributed by atoms with Crippen LogP contribution in [0.4, 0.5) is 5.69 Å². The van der Waals surface area contributed by atoms with Gasteiger partial charge in [-0.1, -0.05) is 6.92 Å². The van der Waals surface area contributed by atoms with Gasteiger partial charge < -0.3 is 10.1 Å². The van der Waals surface area contributed by atoms with Crippen LogP contribution >= 0.6 is 12.2 Å². The Hall–Kier alpha value is -1.62. The Labute approximate surface area is 106 Å². The van der Waals surface area contributed by atoms with Gasteiger partial charge in [-0.25, -0.2) is 0 Å². The van der Waals surface area contributed by atoms with Crippen molar-refractivity contribution in [1.29, 1.82) is 0 Å². The summed E-state index contributed by atoms with van der Waals surface area (Å²) in [4.78, 5) is 13.6. The van der Waals surface area contributed by atoms with E-state index in [1.807, 2.05) is 31.2 Å². The lowest BCUT2D eigenvalue weighted by Gasteiger charge is -2.32. The number of ether oxygens (including phenoxy) is 1. The Morgan fingerprint density at radius 3 is 2.65 bits per heavy atom. The number of methoxy groups -OCH3 is 1. The second-order valence-corrected chi connectivity index (χ2v) is 4.35. The fraction of sp³-hybridized carbons (Fsp3) is 0.333. The van der Waals surface area contributed by atoms with E-state index in [9.17, 15) is 4.79 Å². The van der Waals surface area contributed by atoms with Gasteiger partial charge in [0.05, 0.1) is 18.7 Å². The van der Waals surface area contributed by atoms with Crippen molar-refractivity contribution >= 4 is 28.9 Å². The summed E-state index contributed by atoms with van der Waals surface area (Å²) in [6.07, 6.45) is 0. The van der Waals surface area contributed by atoms with Crippen LogP contribution in [-0.4, -0.2) is 24.7 Å². The fourth-order valence-corrected chi connectivity index (χ4v) is 1.98. The molecule has 0 aromatic heterocycles. The molecule has 0 radical (unpaired) electrons. The molecule has 0 unspecified atom stereocenters. The number of anilines is 1. The third-order valence-electron chi connectivity index (χ3n) is 2.74. The van der Waals surface area contributed by atoms with E-state index in [1.165, 1.54) is 4.90 Å². The third kappa shape index (κ3) is 2.24. The summed E-state index contributed by atoms with van der Waals surface area (Å²) in [6, 6.07) is 7.26. The minimum atomic E-state index is -0.0659. The van der Waals surface area contributed by atoms with Gasteiger partial charge in [0.1, 0.15) is 5.75 Å². The number of benzene rings is 1. The van der Waals surface area contributed by atoms with Crippen LogP contribution in [0.1, 0.15) is 6.92 Å². The molecular weight excluding hydrogens is 236 g/mol. The molecule has 1 aliphatic heterocycles. The Kier molecular flexibility index (Phi) is 3.28. The van der Waals surface area contributed by atoms with E-state index in [2.05, 4.69) is 5.32 Å². The zero-order chi connectivity index (χ0) is 12.4. The first-order chi connectivity index (χ1) is 8.13. The molecule has 2 rings (SSSR count). The molecule has 0 saturated carbocycles. The summed E-state index contributed by atoms with van der Waals surface area (Å²) < 4.78 is 5.08. The molecule has 1 saturated heterocycles. The maximum absolute atomic E-state index is 12.1. The molecule has 4 nitrogen and oxygen atoms in total. The largest absolute Gasteiger partial charge is 0.497 e. The minimum Gasteiger partial charge on any atom is -0.497 e. The lowest BCUT2D eigenvalue weighted by Crippen LogP contribution is -2.54. The zero-order valence-corrected chi connectivity index (χ0v) is 10.6. The van der Waals surface area contributed by atoms with Gasteiger partial charge >= 0.3 is 0 Å². The van der Waals surface area contributed by atoms with Gasteiger partial charge in [-0.3, -0.25) is 9.69 Å². The van der Waals surface area contributed by atoms with Crippen molar-refractivity contribution in [2.45, 2.75) is 6.92 Å². The lowest BCUT2D eigenvalue weighted by molar-refractivity contribution is -0.121. The molecule has 17 heavy (non-hydrogen) atoms. The van der Waals surface area contributed by atoms with Gasteiger partial charge in [0.25, 0.3) is 0 Å². The molecule has 5 heteroatoms. The van der Waals surface area contributed by atoms with E-state index in [-0.39, 0.29) is 11.8 Å². The van der Waals surface area contributed by atoms with Crippen molar-refractivity contribution in [2.75, 3.05) is 18.6 Å². The van der Waals surface area contributed by atoms with Crippen molar-refractivity contribution < 1.29 is 9.53 Å². The number of hydrogen-bond donors (Lipinski definition) is 1. The topological polar surface area (TPSA) is 41.6 Å². The highest BCUT2D eigenvalue weighted by Gasteiger charge is 2.29. The summed E-state index contributed by atoms with van der Waals surface area (Å²) >= 11 is 5.16. The number of rotatable bonds is 2. The quantitative estimate of drug-likeness (QED) is 0.809. The first-order valence-corrected chi connectivity index (χ1v) is 5.80. The average molecular weight is 250 g/mol. The predicted octanol–water partition coefficient (Wildman–Crippen LogP) is 1.55. The third-order valence-corrected chi connectivity index (χ3v) is 3.06. The van der Waals surface area contributed by atoms with E-state index < -0.39 is 0 Å². The van der Waals surface area contributed by atoms with Crippen LogP contribution in [0.15, 0.2) is 24.3 Å². The van der Waals surface area contributed by atoms with Crippen LogP contribution in [-0.2, 0) is 4.79 Å². The highest BCUT2D eigenvalue weighted by atomic mass is 32.1. The monoisotopic (exact) mass is 250 g/mol. The number of nitrogens with zero attached hydrogens (tertiary/aromatic N) is 1. The zero-order valence-electron chi connectivity index (χ0n) is 9.77. The summed E-state index contributed by atoms with van der Waals surface area (Å²) in [5.41, 5.74) is 0.764. The molecule has 90 valence electrons. The molecule has 1 aliphatic rings. The summed E-state index contributed by atoms with van der Waals surface area (Å²) in [7, 11) is 1.61. The summed E-state index contributed by atoms with van der Waals surface area (Å²) in [5.74, 6) is 0.716. The number of hydrogen-bond acceptors (Lipinski definition) is 3. The van der Waals surface area contributed by atoms with Crippen LogP contribution in [0.3, 0.4) is 0 Å². The van der Waals surface area contributed by atoms with Crippen LogP contribution in [0.25, 0.3) is 0 Å². The van der Waals surface area contributed by atoms with E-state index >= 15 is 0 Å². The second-order valence-electron chi connectivity index (χ2n) is 3.96. The maximum atomic E-state index is 12.1. The van der Waals surface area contributed by atoms with Crippen molar-refractivity contribution in [3.63, 3.8) is 0 Å². The lowest BCUT2D eigenvalue weighted by atomic mass is 10.1. The van der Waals surface area contributed by atoms with Gasteiger partial charge in [0.15, 0.2) is 5.11 Å². The first-order valence-electron chi connectivity index (χ1n) is 5.39. The van der Waals surface area contributed by atoms with Crippen molar-refractivity contribution in [3.8, 4) is 5.75 Å². The number of carbonyl (C=O) groups excluding carboxylic acids is 1. The van der Waals surface area contributed by atoms with Crippen molar-refractivity contribution in [2.24, 2.45) is 5.92 Å². The maximum Gasteiger partial charge on any atom is 0.237 e. The molecule has 1 fully saturated rings. The van der Waals surface area contributed by atoms with Gasteiger partial charge in [0.2, 0.25) is 5.91 Å². The van der Waals surface area contributed by atoms with Crippen LogP contribution in [0.5, 0.6) is 5.75 Å². The SMILES string of the molecule is COc1ccc(N2C(=O)[C@H](C)CNC2=S)cc1. The first kappa shape index (κ1) is 11.9. The Balaban J connectivity index is 2.29. The highest BCUT2D eigenvalue weighted by Crippen LogP contribution is 2.22. The Bertz CT molecular complexity index is 444. The molecule has 1 amide bonds. The predicted molar refractivity (Wildman–Crippen MR) is 70.2 cm³/mol. The molecule has 1 atom stereocenters. The van der Waals surface area contributed by atoms with Gasteiger partial charge in [-0.05, 0) is 36.5 Å². The molecule has 1 heterocycles. The Morgan fingerprint density at radius 2 is 2.06 bits per heavy atom. The molecule has 1 aromatic rings. The average Bonchev–Trinajstić information content (AvgIpc) is 2.35. The molecule has 0 spiro atoms. The van der Waals surface area contributed by atoms with E-state index in [0.29, 0.717) is 11.7 Å². The molecule has 1 N–H and O–H groups in total. The highest BCUT2D eigenvalue weighted by molar-refractivity contribution is 7.80. The van der Waals surface area contributed by atoms with Crippen molar-refractivity contribution in [1.82, 2.24) is 5.32 Å². The van der Waals surface area contributed by atoms with E-state index in [0.717, 1.165) is 11.4 Å². The van der Waals surface area contributed by atoms with Crippen LogP contribution in [0, 0.1) is 5.92 Å². The second kappa shape index (κ2) is 4.71. The van der Waals surface area contributed by atoms with Crippen LogP contribution < -0.4 is 15.0 Å². The molecule has 0 bridgehead atoms. The van der Waals surface area contributed by atoms with Gasteiger partial charge in [0, 0.05) is 6.54 Å². The molecular formula is C12H14N2O2S. The van der Waals surface area contributed by atoms with Crippen LogP contribution in [0.2, 0.25) is 0 Å². The number of nitrogens with one attached hydrogen (secondary N) is 1. The normalized spacial score (nSPS) is 20.1. The van der Waals surface area contributed by atoms with E-state index in [4.69, 9.17) is 17.0 Å². The summed E-state index contributed by atoms with van der Waals surface area (Å²) in [6.45, 7) is 2.48. The molecule has 1 aromatic carbocycles. The molecule has 0 aliphatic carbocycles. The minimum absolute atomic E-state index is 0.0268. The number of carbonyl (C=O) groups is 1.